The highest BCUT2D eigenvalue weighted by Crippen LogP contribution is 2.41. The Hall–Kier alpha value is -1.38. The standard InChI is InChI=1S/C14H16FN3O2S2/c1-10-9-21-13(17-10)14(4-2-3-5-14)18-22(19,20)12-6-11(15)7-16-8-12/h6-9,18H,2-5H2,1H3. The van der Waals surface area contributed by atoms with Crippen LogP contribution in [0.25, 0.3) is 0 Å². The van der Waals surface area contributed by atoms with Gasteiger partial charge in [0.15, 0.2) is 0 Å². The molecule has 2 heterocycles. The van der Waals surface area contributed by atoms with Crippen molar-refractivity contribution in [3.05, 3.63) is 40.4 Å². The molecule has 0 atom stereocenters. The molecule has 0 saturated heterocycles. The van der Waals surface area contributed by atoms with E-state index in [1.165, 1.54) is 11.3 Å². The molecule has 0 radical (unpaired) electrons. The first-order valence-corrected chi connectivity index (χ1v) is 9.35. The summed E-state index contributed by atoms with van der Waals surface area (Å²) in [4.78, 5) is 7.92. The molecule has 0 aliphatic heterocycles. The van der Waals surface area contributed by atoms with Gasteiger partial charge in [-0.25, -0.2) is 17.8 Å². The highest BCUT2D eigenvalue weighted by Gasteiger charge is 2.42. The highest BCUT2D eigenvalue weighted by atomic mass is 32.2. The molecule has 118 valence electrons. The van der Waals surface area contributed by atoms with E-state index in [0.29, 0.717) is 12.8 Å². The molecule has 0 spiro atoms. The molecule has 22 heavy (non-hydrogen) atoms. The van der Waals surface area contributed by atoms with Crippen molar-refractivity contribution >= 4 is 21.4 Å². The lowest BCUT2D eigenvalue weighted by Gasteiger charge is -2.27. The molecule has 3 rings (SSSR count). The third kappa shape index (κ3) is 2.90. The number of thiazole rings is 1. The topological polar surface area (TPSA) is 72.0 Å². The molecule has 0 bridgehead atoms. The average Bonchev–Trinajstić information content (AvgIpc) is 3.08. The SMILES string of the molecule is Cc1csc(C2(NS(=O)(=O)c3cncc(F)c3)CCCC2)n1. The van der Waals surface area contributed by atoms with Crippen LogP contribution in [0.4, 0.5) is 4.39 Å². The maximum absolute atomic E-state index is 13.3. The van der Waals surface area contributed by atoms with Gasteiger partial charge in [-0.3, -0.25) is 4.98 Å². The van der Waals surface area contributed by atoms with E-state index in [4.69, 9.17) is 0 Å². The van der Waals surface area contributed by atoms with Gasteiger partial charge in [0.2, 0.25) is 10.0 Å². The molecular weight excluding hydrogens is 325 g/mol. The number of rotatable bonds is 4. The second-order valence-corrected chi connectivity index (χ2v) is 8.07. The first-order valence-electron chi connectivity index (χ1n) is 6.98. The van der Waals surface area contributed by atoms with Crippen molar-refractivity contribution < 1.29 is 12.8 Å². The summed E-state index contributed by atoms with van der Waals surface area (Å²) in [6.45, 7) is 1.88. The van der Waals surface area contributed by atoms with Crippen LogP contribution < -0.4 is 4.72 Å². The fourth-order valence-corrected chi connectivity index (χ4v) is 5.24. The molecule has 2 aromatic rings. The molecule has 1 fully saturated rings. The minimum absolute atomic E-state index is 0.160. The summed E-state index contributed by atoms with van der Waals surface area (Å²) in [7, 11) is -3.85. The van der Waals surface area contributed by atoms with E-state index in [1.807, 2.05) is 12.3 Å². The largest absolute Gasteiger partial charge is 0.260 e. The first-order chi connectivity index (χ1) is 10.4. The Morgan fingerprint density at radius 3 is 2.64 bits per heavy atom. The number of halogens is 1. The summed E-state index contributed by atoms with van der Waals surface area (Å²) in [5.41, 5.74) is 0.183. The molecule has 1 aliphatic carbocycles. The average molecular weight is 341 g/mol. The normalized spacial score (nSPS) is 17.7. The van der Waals surface area contributed by atoms with Crippen LogP contribution in [0.15, 0.2) is 28.7 Å². The Morgan fingerprint density at radius 1 is 1.32 bits per heavy atom. The number of nitrogens with one attached hydrogen (secondary N) is 1. The summed E-state index contributed by atoms with van der Waals surface area (Å²) in [6, 6.07) is 0.977. The van der Waals surface area contributed by atoms with Gasteiger partial charge in [-0.05, 0) is 25.8 Å². The molecule has 5 nitrogen and oxygen atoms in total. The van der Waals surface area contributed by atoms with E-state index in [-0.39, 0.29) is 4.90 Å². The van der Waals surface area contributed by atoms with E-state index in [2.05, 4.69) is 14.7 Å². The smallest absolute Gasteiger partial charge is 0.243 e. The lowest BCUT2D eigenvalue weighted by molar-refractivity contribution is 0.401. The van der Waals surface area contributed by atoms with Crippen molar-refractivity contribution in [3.63, 3.8) is 0 Å². The second-order valence-electron chi connectivity index (χ2n) is 5.53. The van der Waals surface area contributed by atoms with Crippen molar-refractivity contribution in [2.24, 2.45) is 0 Å². The van der Waals surface area contributed by atoms with Crippen LogP contribution in [0.1, 0.15) is 36.4 Å². The molecular formula is C14H16FN3O2S2. The Kier molecular flexibility index (Phi) is 4.00. The lowest BCUT2D eigenvalue weighted by Crippen LogP contribution is -2.43. The number of nitrogens with zero attached hydrogens (tertiary/aromatic N) is 2. The van der Waals surface area contributed by atoms with E-state index >= 15 is 0 Å². The van der Waals surface area contributed by atoms with Gasteiger partial charge in [0.1, 0.15) is 15.7 Å². The fourth-order valence-electron chi connectivity index (χ4n) is 2.77. The Bertz CT molecular complexity index is 783. The minimum Gasteiger partial charge on any atom is -0.260 e. The maximum Gasteiger partial charge on any atom is 0.243 e. The molecule has 0 amide bonds. The quantitative estimate of drug-likeness (QED) is 0.928. The van der Waals surface area contributed by atoms with Crippen LogP contribution in [0.3, 0.4) is 0 Å². The van der Waals surface area contributed by atoms with Crippen molar-refractivity contribution in [2.45, 2.75) is 43.0 Å². The monoisotopic (exact) mass is 341 g/mol. The van der Waals surface area contributed by atoms with Gasteiger partial charge >= 0.3 is 0 Å². The number of sulfonamides is 1. The number of hydrogen-bond donors (Lipinski definition) is 1. The summed E-state index contributed by atoms with van der Waals surface area (Å²) >= 11 is 1.46. The first kappa shape index (κ1) is 15.5. The highest BCUT2D eigenvalue weighted by molar-refractivity contribution is 7.89. The van der Waals surface area contributed by atoms with Crippen molar-refractivity contribution in [1.29, 1.82) is 0 Å². The third-order valence-corrected chi connectivity index (χ3v) is 6.47. The third-order valence-electron chi connectivity index (χ3n) is 3.81. The lowest BCUT2D eigenvalue weighted by atomic mass is 10.0. The van der Waals surface area contributed by atoms with Crippen molar-refractivity contribution in [3.8, 4) is 0 Å². The second kappa shape index (κ2) is 5.68. The summed E-state index contributed by atoms with van der Waals surface area (Å²) in [5, 5.41) is 2.68. The number of pyridine rings is 1. The Morgan fingerprint density at radius 2 is 2.05 bits per heavy atom. The zero-order valence-electron chi connectivity index (χ0n) is 12.0. The number of aryl methyl sites for hydroxylation is 1. The molecule has 1 aliphatic rings. The van der Waals surface area contributed by atoms with Gasteiger partial charge in [-0.1, -0.05) is 12.8 Å². The summed E-state index contributed by atoms with van der Waals surface area (Å²) in [6.07, 6.45) is 5.39. The number of aromatic nitrogens is 2. The zero-order valence-corrected chi connectivity index (χ0v) is 13.7. The van der Waals surface area contributed by atoms with Gasteiger partial charge in [0.05, 0.1) is 11.7 Å². The van der Waals surface area contributed by atoms with Gasteiger partial charge in [-0.15, -0.1) is 11.3 Å². The zero-order chi connectivity index (χ0) is 15.8. The Balaban J connectivity index is 1.98. The molecule has 0 aromatic carbocycles. The summed E-state index contributed by atoms with van der Waals surface area (Å²) in [5.74, 6) is -0.673. The van der Waals surface area contributed by atoms with Crippen molar-refractivity contribution in [1.82, 2.24) is 14.7 Å². The molecule has 1 saturated carbocycles. The predicted molar refractivity (Wildman–Crippen MR) is 81.5 cm³/mol. The van der Waals surface area contributed by atoms with Gasteiger partial charge < -0.3 is 0 Å². The van der Waals surface area contributed by atoms with Gasteiger partial charge in [-0.2, -0.15) is 4.72 Å². The van der Waals surface area contributed by atoms with Crippen LogP contribution in [-0.2, 0) is 15.6 Å². The van der Waals surface area contributed by atoms with Crippen LogP contribution in [0.2, 0.25) is 0 Å². The summed E-state index contributed by atoms with van der Waals surface area (Å²) < 4.78 is 41.2. The van der Waals surface area contributed by atoms with Crippen LogP contribution in [-0.4, -0.2) is 18.4 Å². The van der Waals surface area contributed by atoms with Crippen LogP contribution in [0, 0.1) is 12.7 Å². The Labute approximate surface area is 132 Å². The molecule has 2 aromatic heterocycles. The molecule has 1 N–H and O–H groups in total. The van der Waals surface area contributed by atoms with Gasteiger partial charge in [0.25, 0.3) is 0 Å². The van der Waals surface area contributed by atoms with E-state index in [0.717, 1.165) is 42.0 Å². The molecule has 8 heteroatoms. The van der Waals surface area contributed by atoms with Gasteiger partial charge in [0, 0.05) is 17.3 Å². The van der Waals surface area contributed by atoms with Crippen molar-refractivity contribution in [2.75, 3.05) is 0 Å². The van der Waals surface area contributed by atoms with Crippen LogP contribution in [0.5, 0.6) is 0 Å². The fraction of sp³-hybridized carbons (Fsp3) is 0.429. The minimum atomic E-state index is -3.85. The van der Waals surface area contributed by atoms with Crippen LogP contribution >= 0.6 is 11.3 Å². The van der Waals surface area contributed by atoms with E-state index in [1.54, 1.807) is 0 Å². The van der Waals surface area contributed by atoms with E-state index < -0.39 is 21.4 Å². The molecule has 0 unspecified atom stereocenters. The predicted octanol–water partition coefficient (Wildman–Crippen LogP) is 2.73. The number of hydrogen-bond acceptors (Lipinski definition) is 5. The van der Waals surface area contributed by atoms with E-state index in [9.17, 15) is 12.8 Å². The maximum atomic E-state index is 13.3.